The Morgan fingerprint density at radius 2 is 2.00 bits per heavy atom. The van der Waals surface area contributed by atoms with E-state index in [2.05, 4.69) is 27.9 Å². The van der Waals surface area contributed by atoms with Crippen LogP contribution in [-0.2, 0) is 12.8 Å². The molecule has 1 aliphatic rings. The second-order valence-electron chi connectivity index (χ2n) is 4.33. The molecule has 0 atom stereocenters. The smallest absolute Gasteiger partial charge is 0.214 e. The molecule has 1 N–H and O–H groups in total. The van der Waals surface area contributed by atoms with Crippen LogP contribution in [-0.4, -0.2) is 4.98 Å². The molecule has 2 nitrogen and oxygen atoms in total. The van der Waals surface area contributed by atoms with Gasteiger partial charge in [-0.25, -0.2) is 4.98 Å². The van der Waals surface area contributed by atoms with E-state index in [0.29, 0.717) is 5.82 Å². The maximum Gasteiger partial charge on any atom is 0.214 e. The van der Waals surface area contributed by atoms with Crippen LogP contribution in [0.3, 0.4) is 0 Å². The van der Waals surface area contributed by atoms with E-state index in [1.165, 1.54) is 48.4 Å². The highest BCUT2D eigenvalue weighted by Crippen LogP contribution is 2.27. The fraction of sp³-hybridized carbons (Fsp3) is 0.214. The van der Waals surface area contributed by atoms with Crippen molar-refractivity contribution < 1.29 is 4.39 Å². The summed E-state index contributed by atoms with van der Waals surface area (Å²) in [6.07, 6.45) is 3.61. The summed E-state index contributed by atoms with van der Waals surface area (Å²) >= 11 is 1.47. The highest BCUT2D eigenvalue weighted by molar-refractivity contribution is 8.00. The van der Waals surface area contributed by atoms with Gasteiger partial charge in [0.1, 0.15) is 5.82 Å². The van der Waals surface area contributed by atoms with Crippen molar-refractivity contribution in [1.29, 1.82) is 0 Å². The first-order chi connectivity index (χ1) is 8.81. The lowest BCUT2D eigenvalue weighted by molar-refractivity contribution is 0.586. The first kappa shape index (κ1) is 11.5. The summed E-state index contributed by atoms with van der Waals surface area (Å²) in [5, 5.41) is 0. The second kappa shape index (κ2) is 4.98. The number of aryl methyl sites for hydroxylation is 2. The standard InChI is InChI=1S/C14H13FN2S/c15-13-5-2-6-14(16-13)17-18-12-8-7-10-3-1-4-11(10)9-12/h2,5-9H,1,3-4H2,(H,16,17). The van der Waals surface area contributed by atoms with Gasteiger partial charge in [-0.2, -0.15) is 4.39 Å². The minimum absolute atomic E-state index is 0.463. The van der Waals surface area contributed by atoms with Crippen molar-refractivity contribution in [2.45, 2.75) is 24.2 Å². The molecule has 3 rings (SSSR count). The molecule has 1 aromatic heterocycles. The zero-order chi connectivity index (χ0) is 12.4. The molecule has 0 fully saturated rings. The van der Waals surface area contributed by atoms with Crippen molar-refractivity contribution in [3.8, 4) is 0 Å². The van der Waals surface area contributed by atoms with E-state index < -0.39 is 5.95 Å². The summed E-state index contributed by atoms with van der Waals surface area (Å²) < 4.78 is 16.0. The van der Waals surface area contributed by atoms with E-state index in [1.54, 1.807) is 12.1 Å². The number of hydrogen-bond donors (Lipinski definition) is 1. The van der Waals surface area contributed by atoms with Crippen LogP contribution in [0.1, 0.15) is 17.5 Å². The van der Waals surface area contributed by atoms with Gasteiger partial charge in [0.05, 0.1) is 0 Å². The largest absolute Gasteiger partial charge is 0.310 e. The number of rotatable bonds is 3. The van der Waals surface area contributed by atoms with Crippen LogP contribution in [0.5, 0.6) is 0 Å². The Morgan fingerprint density at radius 3 is 2.89 bits per heavy atom. The quantitative estimate of drug-likeness (QED) is 0.670. The summed E-state index contributed by atoms with van der Waals surface area (Å²) in [5.74, 6) is 0.0788. The average Bonchev–Trinajstić information content (AvgIpc) is 2.84. The molecule has 2 aromatic rings. The number of nitrogens with zero attached hydrogens (tertiary/aromatic N) is 1. The van der Waals surface area contributed by atoms with Crippen molar-refractivity contribution >= 4 is 17.8 Å². The van der Waals surface area contributed by atoms with Crippen molar-refractivity contribution in [3.63, 3.8) is 0 Å². The number of benzene rings is 1. The van der Waals surface area contributed by atoms with E-state index in [9.17, 15) is 4.39 Å². The number of halogens is 1. The molecule has 18 heavy (non-hydrogen) atoms. The normalized spacial score (nSPS) is 13.4. The molecule has 0 radical (unpaired) electrons. The molecular weight excluding hydrogens is 247 g/mol. The van der Waals surface area contributed by atoms with Gasteiger partial charge < -0.3 is 4.72 Å². The fourth-order valence-electron chi connectivity index (χ4n) is 2.19. The summed E-state index contributed by atoms with van der Waals surface area (Å²) in [6.45, 7) is 0. The second-order valence-corrected chi connectivity index (χ2v) is 5.21. The monoisotopic (exact) mass is 260 g/mol. The van der Waals surface area contributed by atoms with Crippen LogP contribution in [0.15, 0.2) is 41.3 Å². The van der Waals surface area contributed by atoms with E-state index in [0.717, 1.165) is 4.90 Å². The molecule has 0 amide bonds. The predicted octanol–water partition coefficient (Wildman–Crippen LogP) is 3.83. The van der Waals surface area contributed by atoms with Gasteiger partial charge in [-0.1, -0.05) is 12.1 Å². The summed E-state index contributed by atoms with van der Waals surface area (Å²) in [6, 6.07) is 11.2. The van der Waals surface area contributed by atoms with E-state index in [1.807, 2.05) is 0 Å². The first-order valence-electron chi connectivity index (χ1n) is 5.98. The van der Waals surface area contributed by atoms with Gasteiger partial charge in [0.25, 0.3) is 0 Å². The minimum atomic E-state index is -0.463. The third-order valence-corrected chi connectivity index (χ3v) is 3.86. The summed E-state index contributed by atoms with van der Waals surface area (Å²) in [5.41, 5.74) is 2.90. The Morgan fingerprint density at radius 1 is 1.11 bits per heavy atom. The Kier molecular flexibility index (Phi) is 3.19. The van der Waals surface area contributed by atoms with Gasteiger partial charge in [0.2, 0.25) is 5.95 Å². The molecule has 4 heteroatoms. The topological polar surface area (TPSA) is 24.9 Å². The summed E-state index contributed by atoms with van der Waals surface area (Å²) in [7, 11) is 0. The zero-order valence-electron chi connectivity index (χ0n) is 9.82. The molecule has 0 saturated heterocycles. The van der Waals surface area contributed by atoms with E-state index in [4.69, 9.17) is 0 Å². The molecule has 0 unspecified atom stereocenters. The number of aromatic nitrogens is 1. The lowest BCUT2D eigenvalue weighted by Crippen LogP contribution is -1.92. The van der Waals surface area contributed by atoms with Crippen LogP contribution in [0.25, 0.3) is 0 Å². The van der Waals surface area contributed by atoms with Gasteiger partial charge in [0, 0.05) is 4.90 Å². The van der Waals surface area contributed by atoms with Gasteiger partial charge >= 0.3 is 0 Å². The molecule has 0 spiro atoms. The molecule has 0 aliphatic heterocycles. The fourth-order valence-corrected chi connectivity index (χ4v) is 2.86. The van der Waals surface area contributed by atoms with Crippen LogP contribution >= 0.6 is 11.9 Å². The lowest BCUT2D eigenvalue weighted by atomic mass is 10.1. The molecule has 1 aromatic carbocycles. The van der Waals surface area contributed by atoms with Gasteiger partial charge in [-0.15, -0.1) is 0 Å². The Labute approximate surface area is 110 Å². The molecule has 0 saturated carbocycles. The lowest BCUT2D eigenvalue weighted by Gasteiger charge is -2.06. The van der Waals surface area contributed by atoms with Crippen molar-refractivity contribution in [3.05, 3.63) is 53.5 Å². The maximum atomic E-state index is 12.9. The molecule has 1 aliphatic carbocycles. The Balaban J connectivity index is 1.70. The van der Waals surface area contributed by atoms with Crippen molar-refractivity contribution in [1.82, 2.24) is 4.98 Å². The van der Waals surface area contributed by atoms with Crippen LogP contribution in [0.2, 0.25) is 0 Å². The van der Waals surface area contributed by atoms with E-state index in [-0.39, 0.29) is 0 Å². The molecule has 92 valence electrons. The number of pyridine rings is 1. The van der Waals surface area contributed by atoms with Crippen LogP contribution in [0.4, 0.5) is 10.2 Å². The predicted molar refractivity (Wildman–Crippen MR) is 72.1 cm³/mol. The number of nitrogens with one attached hydrogen (secondary N) is 1. The zero-order valence-corrected chi connectivity index (χ0v) is 10.6. The average molecular weight is 260 g/mol. The number of hydrogen-bond acceptors (Lipinski definition) is 3. The van der Waals surface area contributed by atoms with Crippen molar-refractivity contribution in [2.75, 3.05) is 4.72 Å². The van der Waals surface area contributed by atoms with Gasteiger partial charge in [-0.3, -0.25) is 0 Å². The van der Waals surface area contributed by atoms with Gasteiger partial charge in [0.15, 0.2) is 0 Å². The third kappa shape index (κ3) is 2.48. The summed E-state index contributed by atoms with van der Waals surface area (Å²) in [4.78, 5) is 4.90. The first-order valence-corrected chi connectivity index (χ1v) is 6.80. The molecular formula is C14H13FN2S. The molecule has 1 heterocycles. The number of fused-ring (bicyclic) bond motifs is 1. The number of anilines is 1. The van der Waals surface area contributed by atoms with Crippen LogP contribution in [0, 0.1) is 5.95 Å². The molecule has 0 bridgehead atoms. The Hall–Kier alpha value is -1.55. The highest BCUT2D eigenvalue weighted by atomic mass is 32.2. The highest BCUT2D eigenvalue weighted by Gasteiger charge is 2.10. The minimum Gasteiger partial charge on any atom is -0.310 e. The van der Waals surface area contributed by atoms with Crippen molar-refractivity contribution in [2.24, 2.45) is 0 Å². The van der Waals surface area contributed by atoms with Gasteiger partial charge in [-0.05, 0) is 66.6 Å². The SMILES string of the molecule is Fc1cccc(NSc2ccc3c(c2)CCC3)n1. The van der Waals surface area contributed by atoms with E-state index >= 15 is 0 Å². The van der Waals surface area contributed by atoms with Crippen LogP contribution < -0.4 is 4.72 Å². The Bertz CT molecular complexity index is 571. The third-order valence-electron chi connectivity index (χ3n) is 3.06. The maximum absolute atomic E-state index is 12.9.